The van der Waals surface area contributed by atoms with Gasteiger partial charge in [0.2, 0.25) is 0 Å². The molecule has 1 N–H and O–H groups in total. The average Bonchev–Trinajstić information content (AvgIpc) is 2.80. The minimum Gasteiger partial charge on any atom is -0.333 e. The summed E-state index contributed by atoms with van der Waals surface area (Å²) in [5.41, 5.74) is 1.77. The summed E-state index contributed by atoms with van der Waals surface area (Å²) in [6, 6.07) is 4.84. The number of nitrogens with zero attached hydrogens (tertiary/aromatic N) is 2. The lowest BCUT2D eigenvalue weighted by Gasteiger charge is -2.05. The zero-order valence-electron chi connectivity index (χ0n) is 10.2. The van der Waals surface area contributed by atoms with Gasteiger partial charge in [0.1, 0.15) is 5.82 Å². The topological polar surface area (TPSA) is 29.9 Å². The quantitative estimate of drug-likeness (QED) is 0.902. The first-order chi connectivity index (χ1) is 8.70. The van der Waals surface area contributed by atoms with Crippen LogP contribution in [0.1, 0.15) is 11.3 Å². The fourth-order valence-corrected chi connectivity index (χ4v) is 1.93. The van der Waals surface area contributed by atoms with Crippen molar-refractivity contribution in [2.24, 2.45) is 0 Å². The Labute approximate surface area is 111 Å². The number of hydrogen-bond donors (Lipinski definition) is 1. The van der Waals surface area contributed by atoms with Crippen molar-refractivity contribution in [2.75, 3.05) is 13.6 Å². The van der Waals surface area contributed by atoms with Crippen molar-refractivity contribution >= 4 is 11.6 Å². The van der Waals surface area contributed by atoms with E-state index in [2.05, 4.69) is 10.3 Å². The first-order valence-corrected chi connectivity index (χ1v) is 6.16. The fraction of sp³-hybridized carbons (Fsp3) is 0.308. The van der Waals surface area contributed by atoms with Gasteiger partial charge in [-0.05, 0) is 18.7 Å². The molecule has 0 aliphatic heterocycles. The summed E-state index contributed by atoms with van der Waals surface area (Å²) in [4.78, 5) is 4.29. The Morgan fingerprint density at radius 1 is 1.44 bits per heavy atom. The Bertz CT molecular complexity index is 525. The van der Waals surface area contributed by atoms with E-state index in [1.54, 1.807) is 12.4 Å². The van der Waals surface area contributed by atoms with Gasteiger partial charge in [-0.3, -0.25) is 0 Å². The minimum atomic E-state index is -0.385. The van der Waals surface area contributed by atoms with E-state index in [1.807, 2.05) is 23.9 Å². The molecule has 0 spiro atoms. The van der Waals surface area contributed by atoms with E-state index in [0.717, 1.165) is 24.2 Å². The van der Waals surface area contributed by atoms with Crippen LogP contribution in [-0.4, -0.2) is 23.1 Å². The van der Waals surface area contributed by atoms with Crippen LogP contribution >= 0.6 is 11.6 Å². The molecule has 0 bridgehead atoms. The molecular formula is C13H15ClFN3. The zero-order valence-corrected chi connectivity index (χ0v) is 10.9. The van der Waals surface area contributed by atoms with Gasteiger partial charge in [0.15, 0.2) is 0 Å². The number of nitrogens with one attached hydrogen (secondary N) is 1. The van der Waals surface area contributed by atoms with Gasteiger partial charge in [-0.15, -0.1) is 0 Å². The van der Waals surface area contributed by atoms with Crippen LogP contribution in [0.4, 0.5) is 4.39 Å². The largest absolute Gasteiger partial charge is 0.333 e. The summed E-state index contributed by atoms with van der Waals surface area (Å²) in [7, 11) is 1.91. The van der Waals surface area contributed by atoms with Crippen molar-refractivity contribution in [3.8, 4) is 0 Å². The molecule has 3 nitrogen and oxygen atoms in total. The van der Waals surface area contributed by atoms with Crippen molar-refractivity contribution < 1.29 is 4.39 Å². The van der Waals surface area contributed by atoms with Crippen molar-refractivity contribution in [2.45, 2.75) is 13.0 Å². The highest BCUT2D eigenvalue weighted by atomic mass is 35.5. The molecule has 2 rings (SSSR count). The first kappa shape index (κ1) is 13.1. The van der Waals surface area contributed by atoms with Crippen molar-refractivity contribution in [1.29, 1.82) is 0 Å². The maximum absolute atomic E-state index is 13.3. The number of rotatable bonds is 5. The lowest BCUT2D eigenvalue weighted by Crippen LogP contribution is -2.10. The third-order valence-electron chi connectivity index (χ3n) is 2.70. The van der Waals surface area contributed by atoms with E-state index < -0.39 is 0 Å². The van der Waals surface area contributed by atoms with Gasteiger partial charge < -0.3 is 9.88 Å². The van der Waals surface area contributed by atoms with Gasteiger partial charge in [0, 0.05) is 19.2 Å². The van der Waals surface area contributed by atoms with Crippen LogP contribution in [-0.2, 0) is 13.0 Å². The second kappa shape index (κ2) is 5.98. The summed E-state index contributed by atoms with van der Waals surface area (Å²) in [6.45, 7) is 1.42. The van der Waals surface area contributed by atoms with E-state index in [1.165, 1.54) is 6.07 Å². The molecule has 1 aromatic heterocycles. The molecule has 0 unspecified atom stereocenters. The predicted octanol–water partition coefficient (Wildman–Crippen LogP) is 2.49. The third kappa shape index (κ3) is 3.09. The molecule has 96 valence electrons. The summed E-state index contributed by atoms with van der Waals surface area (Å²) in [6.07, 6.45) is 4.57. The summed E-state index contributed by atoms with van der Waals surface area (Å²) in [5, 5.41) is 3.26. The molecule has 0 atom stereocenters. The number of benzene rings is 1. The first-order valence-electron chi connectivity index (χ1n) is 5.79. The highest BCUT2D eigenvalue weighted by molar-refractivity contribution is 6.31. The summed E-state index contributed by atoms with van der Waals surface area (Å²) in [5.74, 6) is -0.385. The van der Waals surface area contributed by atoms with Crippen LogP contribution < -0.4 is 5.32 Å². The highest BCUT2D eigenvalue weighted by Gasteiger charge is 2.06. The van der Waals surface area contributed by atoms with E-state index in [4.69, 9.17) is 11.6 Å². The van der Waals surface area contributed by atoms with Gasteiger partial charge in [0.05, 0.1) is 23.6 Å². The lowest BCUT2D eigenvalue weighted by atomic mass is 10.2. The Hall–Kier alpha value is -1.39. The molecule has 0 saturated carbocycles. The van der Waals surface area contributed by atoms with Crippen molar-refractivity contribution in [1.82, 2.24) is 14.9 Å². The average molecular weight is 268 g/mol. The molecule has 0 amide bonds. The Morgan fingerprint density at radius 2 is 2.28 bits per heavy atom. The van der Waals surface area contributed by atoms with Crippen LogP contribution in [0.25, 0.3) is 0 Å². The Kier molecular flexibility index (Phi) is 4.33. The van der Waals surface area contributed by atoms with E-state index in [9.17, 15) is 4.39 Å². The van der Waals surface area contributed by atoms with E-state index >= 15 is 0 Å². The smallest absolute Gasteiger partial charge is 0.142 e. The Morgan fingerprint density at radius 3 is 3.06 bits per heavy atom. The molecule has 0 saturated heterocycles. The number of aromatic nitrogens is 2. The predicted molar refractivity (Wildman–Crippen MR) is 70.4 cm³/mol. The number of hydrogen-bond acceptors (Lipinski definition) is 2. The molecular weight excluding hydrogens is 253 g/mol. The van der Waals surface area contributed by atoms with E-state index in [0.29, 0.717) is 6.54 Å². The molecule has 0 aliphatic carbocycles. The molecule has 0 radical (unpaired) electrons. The van der Waals surface area contributed by atoms with Gasteiger partial charge in [-0.2, -0.15) is 0 Å². The van der Waals surface area contributed by atoms with Crippen LogP contribution in [0.3, 0.4) is 0 Å². The lowest BCUT2D eigenvalue weighted by molar-refractivity contribution is 0.624. The maximum Gasteiger partial charge on any atom is 0.142 e. The maximum atomic E-state index is 13.3. The molecule has 2 aromatic rings. The minimum absolute atomic E-state index is 0.183. The molecule has 1 aromatic carbocycles. The van der Waals surface area contributed by atoms with Crippen molar-refractivity contribution in [3.05, 3.63) is 52.8 Å². The van der Waals surface area contributed by atoms with Crippen LogP contribution in [0.15, 0.2) is 30.7 Å². The second-order valence-electron chi connectivity index (χ2n) is 4.10. The molecule has 5 heteroatoms. The Balaban J connectivity index is 2.09. The summed E-state index contributed by atoms with van der Waals surface area (Å²) >= 11 is 5.91. The normalized spacial score (nSPS) is 10.8. The van der Waals surface area contributed by atoms with Gasteiger partial charge in [-0.25, -0.2) is 9.37 Å². The summed E-state index contributed by atoms with van der Waals surface area (Å²) < 4.78 is 15.2. The standard InChI is InChI=1S/C13H15ClFN3/c1-16-6-5-11-8-18(9-17-11)7-10-3-2-4-12(15)13(10)14/h2-4,8-9,16H,5-7H2,1H3. The van der Waals surface area contributed by atoms with Crippen LogP contribution in [0, 0.1) is 5.82 Å². The van der Waals surface area contributed by atoms with E-state index in [-0.39, 0.29) is 10.8 Å². The molecule has 0 fully saturated rings. The third-order valence-corrected chi connectivity index (χ3v) is 3.13. The molecule has 1 heterocycles. The molecule has 18 heavy (non-hydrogen) atoms. The van der Waals surface area contributed by atoms with Gasteiger partial charge >= 0.3 is 0 Å². The number of halogens is 2. The van der Waals surface area contributed by atoms with Crippen LogP contribution in [0.5, 0.6) is 0 Å². The van der Waals surface area contributed by atoms with Gasteiger partial charge in [-0.1, -0.05) is 23.7 Å². The highest BCUT2D eigenvalue weighted by Crippen LogP contribution is 2.20. The van der Waals surface area contributed by atoms with Gasteiger partial charge in [0.25, 0.3) is 0 Å². The number of likely N-dealkylation sites (N-methyl/N-ethyl adjacent to an activating group) is 1. The fourth-order valence-electron chi connectivity index (χ4n) is 1.74. The number of imidazole rings is 1. The zero-order chi connectivity index (χ0) is 13.0. The SMILES string of the molecule is CNCCc1cn(Cc2cccc(F)c2Cl)cn1. The van der Waals surface area contributed by atoms with Crippen molar-refractivity contribution in [3.63, 3.8) is 0 Å². The molecule has 0 aliphatic rings. The second-order valence-corrected chi connectivity index (χ2v) is 4.48. The van der Waals surface area contributed by atoms with Crippen LogP contribution in [0.2, 0.25) is 5.02 Å². The monoisotopic (exact) mass is 267 g/mol.